The Balaban J connectivity index is 1.94. The highest BCUT2D eigenvalue weighted by atomic mass is 79.9. The van der Waals surface area contributed by atoms with Gasteiger partial charge in [0.25, 0.3) is 0 Å². The van der Waals surface area contributed by atoms with Crippen molar-refractivity contribution in [1.82, 2.24) is 10.6 Å². The largest absolute Gasteiger partial charge is 0.379 e. The van der Waals surface area contributed by atoms with Crippen LogP contribution in [0.2, 0.25) is 0 Å². The second-order valence-electron chi connectivity index (χ2n) is 3.94. The summed E-state index contributed by atoms with van der Waals surface area (Å²) in [5.41, 5.74) is 0. The third-order valence-electron chi connectivity index (χ3n) is 2.80. The summed E-state index contributed by atoms with van der Waals surface area (Å²) in [6.45, 7) is 2.63. The van der Waals surface area contributed by atoms with Crippen molar-refractivity contribution in [2.45, 2.75) is 18.5 Å². The Morgan fingerprint density at radius 1 is 1.69 bits per heavy atom. The molecular formula is C11H17BrN2OS. The summed E-state index contributed by atoms with van der Waals surface area (Å²) < 4.78 is 6.66. The first-order chi connectivity index (χ1) is 7.79. The van der Waals surface area contributed by atoms with Gasteiger partial charge in [0.1, 0.15) is 0 Å². The number of halogens is 1. The zero-order chi connectivity index (χ0) is 11.4. The van der Waals surface area contributed by atoms with E-state index in [1.165, 1.54) is 8.66 Å². The van der Waals surface area contributed by atoms with Crippen LogP contribution in [0.5, 0.6) is 0 Å². The van der Waals surface area contributed by atoms with Crippen molar-refractivity contribution in [3.8, 4) is 0 Å². The third kappa shape index (κ3) is 3.28. The van der Waals surface area contributed by atoms with Crippen LogP contribution < -0.4 is 10.6 Å². The lowest BCUT2D eigenvalue weighted by Crippen LogP contribution is -2.43. The average Bonchev–Trinajstić information content (AvgIpc) is 2.74. The second-order valence-corrected chi connectivity index (χ2v) is 6.44. The van der Waals surface area contributed by atoms with Crippen LogP contribution >= 0.6 is 27.3 Å². The normalized spacial score (nSPS) is 23.2. The van der Waals surface area contributed by atoms with Gasteiger partial charge in [0, 0.05) is 23.5 Å². The number of hydrogen-bond donors (Lipinski definition) is 2. The van der Waals surface area contributed by atoms with Gasteiger partial charge in [0.2, 0.25) is 0 Å². The van der Waals surface area contributed by atoms with Crippen LogP contribution in [0, 0.1) is 0 Å². The van der Waals surface area contributed by atoms with E-state index < -0.39 is 0 Å². The molecule has 0 amide bonds. The van der Waals surface area contributed by atoms with Gasteiger partial charge < -0.3 is 15.4 Å². The molecule has 1 aromatic rings. The van der Waals surface area contributed by atoms with E-state index in [1.54, 1.807) is 11.3 Å². The lowest BCUT2D eigenvalue weighted by molar-refractivity contribution is 0.0710. The van der Waals surface area contributed by atoms with Gasteiger partial charge in [-0.2, -0.15) is 0 Å². The monoisotopic (exact) mass is 304 g/mol. The zero-order valence-electron chi connectivity index (χ0n) is 9.33. The minimum absolute atomic E-state index is 0.412. The Morgan fingerprint density at radius 2 is 2.56 bits per heavy atom. The molecule has 90 valence electrons. The first-order valence-corrected chi connectivity index (χ1v) is 7.14. The molecule has 2 heterocycles. The van der Waals surface area contributed by atoms with Crippen LogP contribution in [0.4, 0.5) is 0 Å². The fourth-order valence-corrected chi connectivity index (χ4v) is 3.49. The number of nitrogens with one attached hydrogen (secondary N) is 2. The Morgan fingerprint density at radius 3 is 3.12 bits per heavy atom. The maximum atomic E-state index is 5.47. The molecule has 1 aromatic heterocycles. The molecule has 1 aliphatic heterocycles. The zero-order valence-corrected chi connectivity index (χ0v) is 11.7. The summed E-state index contributed by atoms with van der Waals surface area (Å²) in [6, 6.07) is 5.16. The fourth-order valence-electron chi connectivity index (χ4n) is 1.95. The molecule has 2 unspecified atom stereocenters. The Bertz CT molecular complexity index is 326. The third-order valence-corrected chi connectivity index (χ3v) is 4.54. The van der Waals surface area contributed by atoms with Crippen molar-refractivity contribution < 1.29 is 4.74 Å². The van der Waals surface area contributed by atoms with Crippen LogP contribution in [0.25, 0.3) is 0 Å². The van der Waals surface area contributed by atoms with Gasteiger partial charge in [-0.25, -0.2) is 0 Å². The topological polar surface area (TPSA) is 33.3 Å². The van der Waals surface area contributed by atoms with Crippen LogP contribution in [-0.2, 0) is 4.74 Å². The van der Waals surface area contributed by atoms with Gasteiger partial charge in [-0.1, -0.05) is 0 Å². The Labute approximate surface area is 109 Å². The molecule has 1 fully saturated rings. The van der Waals surface area contributed by atoms with E-state index in [0.29, 0.717) is 12.1 Å². The number of hydrogen-bond acceptors (Lipinski definition) is 4. The molecule has 1 aliphatic rings. The summed E-state index contributed by atoms with van der Waals surface area (Å²) in [5.74, 6) is 0. The van der Waals surface area contributed by atoms with Gasteiger partial charge >= 0.3 is 0 Å². The number of thiophene rings is 1. The minimum Gasteiger partial charge on any atom is -0.379 e. The van der Waals surface area contributed by atoms with Crippen LogP contribution in [0.15, 0.2) is 15.9 Å². The number of rotatable bonds is 4. The summed E-state index contributed by atoms with van der Waals surface area (Å²) in [5, 5.41) is 6.86. The molecule has 0 spiro atoms. The van der Waals surface area contributed by atoms with E-state index in [4.69, 9.17) is 4.74 Å². The molecular weight excluding hydrogens is 288 g/mol. The van der Waals surface area contributed by atoms with E-state index in [9.17, 15) is 0 Å². The van der Waals surface area contributed by atoms with Crippen molar-refractivity contribution in [1.29, 1.82) is 0 Å². The van der Waals surface area contributed by atoms with Crippen molar-refractivity contribution in [3.05, 3.63) is 20.8 Å². The van der Waals surface area contributed by atoms with E-state index in [1.807, 2.05) is 7.05 Å². The van der Waals surface area contributed by atoms with Gasteiger partial charge in [-0.3, -0.25) is 0 Å². The standard InChI is InChI=1S/C11H17BrN2OS/c1-13-9(10-2-3-11(12)16-10)6-8-7-15-5-4-14-8/h2-3,8-9,13-14H,4-7H2,1H3. The first-order valence-electron chi connectivity index (χ1n) is 5.53. The van der Waals surface area contributed by atoms with E-state index in [0.717, 1.165) is 26.2 Å². The molecule has 0 saturated carbocycles. The maximum absolute atomic E-state index is 5.47. The molecule has 2 atom stereocenters. The molecule has 0 bridgehead atoms. The van der Waals surface area contributed by atoms with Crippen molar-refractivity contribution in [2.24, 2.45) is 0 Å². The van der Waals surface area contributed by atoms with Crippen molar-refractivity contribution >= 4 is 27.3 Å². The maximum Gasteiger partial charge on any atom is 0.0701 e. The SMILES string of the molecule is CNC(CC1COCCN1)c1ccc(Br)s1. The smallest absolute Gasteiger partial charge is 0.0701 e. The quantitative estimate of drug-likeness (QED) is 0.894. The van der Waals surface area contributed by atoms with Gasteiger partial charge in [0.15, 0.2) is 0 Å². The molecule has 16 heavy (non-hydrogen) atoms. The summed E-state index contributed by atoms with van der Waals surface area (Å²) >= 11 is 5.30. The highest BCUT2D eigenvalue weighted by Crippen LogP contribution is 2.29. The highest BCUT2D eigenvalue weighted by Gasteiger charge is 2.20. The molecule has 5 heteroatoms. The lowest BCUT2D eigenvalue weighted by Gasteiger charge is -2.27. The summed E-state index contributed by atoms with van der Waals surface area (Å²) in [6.07, 6.45) is 1.07. The summed E-state index contributed by atoms with van der Waals surface area (Å²) in [4.78, 5) is 1.38. The number of ether oxygens (including phenoxy) is 1. The Hall–Kier alpha value is 0.0600. The van der Waals surface area contributed by atoms with Crippen molar-refractivity contribution in [3.63, 3.8) is 0 Å². The average molecular weight is 305 g/mol. The molecule has 0 aromatic carbocycles. The molecule has 3 nitrogen and oxygen atoms in total. The fraction of sp³-hybridized carbons (Fsp3) is 0.636. The molecule has 2 N–H and O–H groups in total. The van der Waals surface area contributed by atoms with E-state index in [2.05, 4.69) is 38.7 Å². The van der Waals surface area contributed by atoms with Crippen LogP contribution in [0.1, 0.15) is 17.3 Å². The van der Waals surface area contributed by atoms with Gasteiger partial charge in [-0.05, 0) is 41.5 Å². The second kappa shape index (κ2) is 6.12. The lowest BCUT2D eigenvalue weighted by atomic mass is 10.1. The van der Waals surface area contributed by atoms with E-state index >= 15 is 0 Å². The van der Waals surface area contributed by atoms with Gasteiger partial charge in [-0.15, -0.1) is 11.3 Å². The number of morpholine rings is 1. The molecule has 2 rings (SSSR count). The molecule has 0 aliphatic carbocycles. The molecule has 1 saturated heterocycles. The summed E-state index contributed by atoms with van der Waals surface area (Å²) in [7, 11) is 2.02. The van der Waals surface area contributed by atoms with Gasteiger partial charge in [0.05, 0.1) is 17.0 Å². The highest BCUT2D eigenvalue weighted by molar-refractivity contribution is 9.11. The van der Waals surface area contributed by atoms with Crippen molar-refractivity contribution in [2.75, 3.05) is 26.8 Å². The van der Waals surface area contributed by atoms with Crippen LogP contribution in [0.3, 0.4) is 0 Å². The van der Waals surface area contributed by atoms with E-state index in [-0.39, 0.29) is 0 Å². The first kappa shape index (κ1) is 12.5. The predicted molar refractivity (Wildman–Crippen MR) is 71.0 cm³/mol. The molecule has 0 radical (unpaired) electrons. The Kier molecular flexibility index (Phi) is 4.79. The van der Waals surface area contributed by atoms with Crippen LogP contribution in [-0.4, -0.2) is 32.8 Å². The predicted octanol–water partition coefficient (Wildman–Crippen LogP) is 2.15. The minimum atomic E-state index is 0.412.